The Morgan fingerprint density at radius 3 is 3.07 bits per heavy atom. The van der Waals surface area contributed by atoms with Crippen LogP contribution in [-0.4, -0.2) is 36.2 Å². The van der Waals surface area contributed by atoms with Crippen molar-refractivity contribution in [1.29, 1.82) is 0 Å². The molecule has 88 valence electrons. The molecular weight excluding hydrogens is 192 g/mol. The van der Waals surface area contributed by atoms with Gasteiger partial charge in [-0.25, -0.2) is 0 Å². The Hall–Kier alpha value is -0.610. The molecule has 1 aliphatic rings. The largest absolute Gasteiger partial charge is 0.393 e. The highest BCUT2D eigenvalue weighted by Crippen LogP contribution is 2.08. The van der Waals surface area contributed by atoms with Crippen LogP contribution in [0.3, 0.4) is 0 Å². The van der Waals surface area contributed by atoms with E-state index in [0.29, 0.717) is 19.0 Å². The number of aliphatic hydroxyl groups is 1. The molecule has 1 saturated heterocycles. The Bertz CT molecular complexity index is 189. The number of amides is 1. The molecule has 0 radical (unpaired) electrons. The van der Waals surface area contributed by atoms with E-state index < -0.39 is 0 Å². The van der Waals surface area contributed by atoms with E-state index in [2.05, 4.69) is 10.6 Å². The minimum Gasteiger partial charge on any atom is -0.393 e. The van der Waals surface area contributed by atoms with Crippen LogP contribution in [0.5, 0.6) is 0 Å². The number of nitrogens with one attached hydrogen (secondary N) is 2. The lowest BCUT2D eigenvalue weighted by molar-refractivity contribution is -0.121. The molecule has 0 bridgehead atoms. The molecule has 1 rings (SSSR count). The summed E-state index contributed by atoms with van der Waals surface area (Å²) in [6.07, 6.45) is 4.22. The average Bonchev–Trinajstić information content (AvgIpc) is 2.64. The minimum atomic E-state index is -0.265. The maximum atomic E-state index is 11.4. The highest BCUT2D eigenvalue weighted by Gasteiger charge is 2.16. The number of hydrogen-bond donors (Lipinski definition) is 3. The molecule has 4 nitrogen and oxygen atoms in total. The summed E-state index contributed by atoms with van der Waals surface area (Å²) in [6, 6.07) is 0.377. The van der Waals surface area contributed by atoms with Gasteiger partial charge in [-0.15, -0.1) is 0 Å². The molecule has 0 aromatic carbocycles. The summed E-state index contributed by atoms with van der Waals surface area (Å²) in [5.41, 5.74) is 0. The van der Waals surface area contributed by atoms with Gasteiger partial charge in [-0.2, -0.15) is 0 Å². The molecule has 1 heterocycles. The van der Waals surface area contributed by atoms with Crippen molar-refractivity contribution >= 4 is 5.91 Å². The maximum absolute atomic E-state index is 11.4. The maximum Gasteiger partial charge on any atom is 0.221 e. The van der Waals surface area contributed by atoms with Crippen molar-refractivity contribution in [3.8, 4) is 0 Å². The summed E-state index contributed by atoms with van der Waals surface area (Å²) in [7, 11) is 0. The molecule has 0 spiro atoms. The Labute approximate surface area is 91.4 Å². The second kappa shape index (κ2) is 6.80. The van der Waals surface area contributed by atoms with E-state index in [9.17, 15) is 4.79 Å². The third-order valence-corrected chi connectivity index (χ3v) is 2.72. The highest BCUT2D eigenvalue weighted by atomic mass is 16.3. The molecule has 1 amide bonds. The topological polar surface area (TPSA) is 61.4 Å². The molecule has 3 N–H and O–H groups in total. The van der Waals surface area contributed by atoms with Gasteiger partial charge in [0.15, 0.2) is 0 Å². The lowest BCUT2D eigenvalue weighted by Gasteiger charge is -2.10. The molecule has 0 saturated carbocycles. The van der Waals surface area contributed by atoms with Crippen LogP contribution in [0.4, 0.5) is 0 Å². The van der Waals surface area contributed by atoms with E-state index >= 15 is 0 Å². The molecule has 1 aliphatic heterocycles. The lowest BCUT2D eigenvalue weighted by Crippen LogP contribution is -2.32. The second-order valence-electron chi connectivity index (χ2n) is 4.34. The van der Waals surface area contributed by atoms with Crippen molar-refractivity contribution in [3.63, 3.8) is 0 Å². The number of hydrogen-bond acceptors (Lipinski definition) is 3. The van der Waals surface area contributed by atoms with Crippen molar-refractivity contribution in [3.05, 3.63) is 0 Å². The number of aliphatic hydroxyl groups excluding tert-OH is 1. The summed E-state index contributed by atoms with van der Waals surface area (Å²) in [5, 5.41) is 15.2. The van der Waals surface area contributed by atoms with Crippen molar-refractivity contribution in [1.82, 2.24) is 10.6 Å². The van der Waals surface area contributed by atoms with Crippen LogP contribution >= 0.6 is 0 Å². The van der Waals surface area contributed by atoms with E-state index in [1.807, 2.05) is 0 Å². The van der Waals surface area contributed by atoms with Gasteiger partial charge in [-0.3, -0.25) is 4.79 Å². The zero-order valence-electron chi connectivity index (χ0n) is 9.46. The van der Waals surface area contributed by atoms with Crippen molar-refractivity contribution < 1.29 is 9.90 Å². The van der Waals surface area contributed by atoms with Crippen molar-refractivity contribution in [2.45, 2.75) is 51.2 Å². The summed E-state index contributed by atoms with van der Waals surface area (Å²) in [5.74, 6) is 0.125. The first kappa shape index (κ1) is 12.5. The first-order chi connectivity index (χ1) is 7.18. The predicted molar refractivity (Wildman–Crippen MR) is 59.6 cm³/mol. The van der Waals surface area contributed by atoms with E-state index in [1.54, 1.807) is 6.92 Å². The third kappa shape index (κ3) is 5.74. The van der Waals surface area contributed by atoms with E-state index in [-0.39, 0.29) is 12.0 Å². The zero-order chi connectivity index (χ0) is 11.1. The van der Waals surface area contributed by atoms with E-state index in [4.69, 9.17) is 5.11 Å². The van der Waals surface area contributed by atoms with E-state index in [1.165, 1.54) is 6.42 Å². The molecule has 2 unspecified atom stereocenters. The monoisotopic (exact) mass is 214 g/mol. The third-order valence-electron chi connectivity index (χ3n) is 2.72. The molecule has 1 fully saturated rings. The van der Waals surface area contributed by atoms with Gasteiger partial charge >= 0.3 is 0 Å². The van der Waals surface area contributed by atoms with Gasteiger partial charge in [-0.1, -0.05) is 0 Å². The summed E-state index contributed by atoms with van der Waals surface area (Å²) < 4.78 is 0. The molecule has 0 aromatic heterocycles. The first-order valence-electron chi connectivity index (χ1n) is 5.86. The van der Waals surface area contributed by atoms with Crippen LogP contribution in [-0.2, 0) is 4.79 Å². The Morgan fingerprint density at radius 2 is 2.47 bits per heavy atom. The Kier molecular flexibility index (Phi) is 5.65. The van der Waals surface area contributed by atoms with Crippen molar-refractivity contribution in [2.24, 2.45) is 0 Å². The fourth-order valence-corrected chi connectivity index (χ4v) is 1.85. The number of rotatable bonds is 6. The Morgan fingerprint density at radius 1 is 1.67 bits per heavy atom. The SMILES string of the molecule is CC(O)CCCNC(=O)CC1CCCN1. The number of carbonyl (C=O) groups excluding carboxylic acids is 1. The van der Waals surface area contributed by atoms with Crippen LogP contribution < -0.4 is 10.6 Å². The smallest absolute Gasteiger partial charge is 0.221 e. The van der Waals surface area contributed by atoms with Crippen LogP contribution in [0, 0.1) is 0 Å². The second-order valence-corrected chi connectivity index (χ2v) is 4.34. The Balaban J connectivity index is 1.98. The van der Waals surface area contributed by atoms with Crippen LogP contribution in [0.1, 0.15) is 39.0 Å². The van der Waals surface area contributed by atoms with Gasteiger partial charge in [0.1, 0.15) is 0 Å². The first-order valence-corrected chi connectivity index (χ1v) is 5.86. The summed E-state index contributed by atoms with van der Waals surface area (Å²) in [6.45, 7) is 3.49. The summed E-state index contributed by atoms with van der Waals surface area (Å²) >= 11 is 0. The van der Waals surface area contributed by atoms with Gasteiger partial charge in [0, 0.05) is 19.0 Å². The van der Waals surface area contributed by atoms with Crippen LogP contribution in [0.15, 0.2) is 0 Å². The molecule has 4 heteroatoms. The lowest BCUT2D eigenvalue weighted by atomic mass is 10.1. The fourth-order valence-electron chi connectivity index (χ4n) is 1.85. The van der Waals surface area contributed by atoms with Crippen LogP contribution in [0.25, 0.3) is 0 Å². The minimum absolute atomic E-state index is 0.125. The number of carbonyl (C=O) groups is 1. The molecular formula is C11H22N2O2. The van der Waals surface area contributed by atoms with Crippen molar-refractivity contribution in [2.75, 3.05) is 13.1 Å². The van der Waals surface area contributed by atoms with Crippen LogP contribution in [0.2, 0.25) is 0 Å². The predicted octanol–water partition coefficient (Wildman–Crippen LogP) is 0.406. The standard InChI is InChI=1S/C11H22N2O2/c1-9(14)4-2-7-13-11(15)8-10-5-3-6-12-10/h9-10,12,14H,2-8H2,1H3,(H,13,15). The highest BCUT2D eigenvalue weighted by molar-refractivity contribution is 5.76. The molecule has 0 aliphatic carbocycles. The van der Waals surface area contributed by atoms with Gasteiger partial charge in [0.25, 0.3) is 0 Å². The normalized spacial score (nSPS) is 22.7. The van der Waals surface area contributed by atoms with E-state index in [0.717, 1.165) is 25.8 Å². The fraction of sp³-hybridized carbons (Fsp3) is 0.909. The molecule has 0 aromatic rings. The summed E-state index contributed by atoms with van der Waals surface area (Å²) in [4.78, 5) is 11.4. The molecule has 2 atom stereocenters. The quantitative estimate of drug-likeness (QED) is 0.561. The molecule has 15 heavy (non-hydrogen) atoms. The average molecular weight is 214 g/mol. The van der Waals surface area contributed by atoms with Gasteiger partial charge in [-0.05, 0) is 39.2 Å². The van der Waals surface area contributed by atoms with Gasteiger partial charge < -0.3 is 15.7 Å². The zero-order valence-corrected chi connectivity index (χ0v) is 9.46. The van der Waals surface area contributed by atoms with Gasteiger partial charge in [0.05, 0.1) is 6.10 Å². The van der Waals surface area contributed by atoms with Gasteiger partial charge in [0.2, 0.25) is 5.91 Å².